The van der Waals surface area contributed by atoms with Gasteiger partial charge in [0.1, 0.15) is 0 Å². The molecule has 2 rings (SSSR count). The van der Waals surface area contributed by atoms with Crippen LogP contribution in [0.2, 0.25) is 0 Å². The summed E-state index contributed by atoms with van der Waals surface area (Å²) in [4.78, 5) is 24.0. The number of carbonyl (C=O) groups excluding carboxylic acids is 2. The predicted octanol–water partition coefficient (Wildman–Crippen LogP) is 2.87. The molecule has 2 amide bonds. The minimum Gasteiger partial charge on any atom is -0.352 e. The van der Waals surface area contributed by atoms with Crippen LogP contribution in [0.4, 0.5) is 0 Å². The highest BCUT2D eigenvalue weighted by atomic mass is 16.2. The maximum Gasteiger partial charge on any atom is 0.251 e. The fourth-order valence-corrected chi connectivity index (χ4v) is 2.85. The summed E-state index contributed by atoms with van der Waals surface area (Å²) in [5.74, 6) is -0.289. The number of carbonyl (C=O) groups is 2. The summed E-state index contributed by atoms with van der Waals surface area (Å²) in [6.07, 6.45) is 6.99. The number of rotatable bonds is 4. The largest absolute Gasteiger partial charge is 0.352 e. The molecule has 0 unspecified atom stereocenters. The molecule has 1 saturated carbocycles. The van der Waals surface area contributed by atoms with Crippen molar-refractivity contribution in [2.75, 3.05) is 6.54 Å². The number of amides is 2. The average molecular weight is 302 g/mol. The third kappa shape index (κ3) is 4.86. The Labute approximate surface area is 132 Å². The maximum absolute atomic E-state index is 12.1. The summed E-state index contributed by atoms with van der Waals surface area (Å²) in [6.45, 7) is 4.03. The average Bonchev–Trinajstić information content (AvgIpc) is 2.76. The summed E-state index contributed by atoms with van der Waals surface area (Å²) in [7, 11) is 0. The van der Waals surface area contributed by atoms with E-state index in [9.17, 15) is 9.59 Å². The first-order chi connectivity index (χ1) is 10.6. The Morgan fingerprint density at radius 3 is 2.36 bits per heavy atom. The van der Waals surface area contributed by atoms with Gasteiger partial charge in [-0.15, -0.1) is 0 Å². The minimum absolute atomic E-state index is 0.0439. The van der Waals surface area contributed by atoms with Gasteiger partial charge in [0.25, 0.3) is 5.91 Å². The molecule has 0 radical (unpaired) electrons. The van der Waals surface area contributed by atoms with Crippen LogP contribution in [0, 0.1) is 13.8 Å². The number of aryl methyl sites for hydroxylation is 2. The van der Waals surface area contributed by atoms with Gasteiger partial charge >= 0.3 is 0 Å². The van der Waals surface area contributed by atoms with E-state index in [0.29, 0.717) is 5.56 Å². The Balaban J connectivity index is 1.79. The van der Waals surface area contributed by atoms with Gasteiger partial charge in [0.05, 0.1) is 6.54 Å². The molecule has 1 aromatic carbocycles. The van der Waals surface area contributed by atoms with Crippen molar-refractivity contribution in [3.63, 3.8) is 0 Å². The van der Waals surface area contributed by atoms with Gasteiger partial charge < -0.3 is 10.6 Å². The second-order valence-electron chi connectivity index (χ2n) is 6.24. The third-order valence-corrected chi connectivity index (χ3v) is 4.40. The van der Waals surface area contributed by atoms with Crippen LogP contribution in [0.3, 0.4) is 0 Å². The molecular weight excluding hydrogens is 276 g/mol. The molecule has 0 bridgehead atoms. The minimum atomic E-state index is -0.195. The summed E-state index contributed by atoms with van der Waals surface area (Å²) in [6, 6.07) is 5.85. The Morgan fingerprint density at radius 2 is 1.73 bits per heavy atom. The van der Waals surface area contributed by atoms with Crippen LogP contribution in [0.15, 0.2) is 18.2 Å². The highest BCUT2D eigenvalue weighted by molar-refractivity contribution is 5.96. The lowest BCUT2D eigenvalue weighted by molar-refractivity contribution is -0.120. The first-order valence-corrected chi connectivity index (χ1v) is 8.21. The molecule has 1 aliphatic rings. The number of benzene rings is 1. The molecule has 22 heavy (non-hydrogen) atoms. The predicted molar refractivity (Wildman–Crippen MR) is 87.9 cm³/mol. The number of hydrogen-bond acceptors (Lipinski definition) is 2. The van der Waals surface area contributed by atoms with Crippen LogP contribution in [0.1, 0.15) is 60.0 Å². The molecule has 0 atom stereocenters. The summed E-state index contributed by atoms with van der Waals surface area (Å²) in [5, 5.41) is 5.73. The maximum atomic E-state index is 12.1. The van der Waals surface area contributed by atoms with Gasteiger partial charge in [-0.3, -0.25) is 9.59 Å². The zero-order valence-corrected chi connectivity index (χ0v) is 13.6. The van der Waals surface area contributed by atoms with Crippen molar-refractivity contribution in [1.29, 1.82) is 0 Å². The highest BCUT2D eigenvalue weighted by Crippen LogP contribution is 2.17. The zero-order valence-electron chi connectivity index (χ0n) is 13.6. The second-order valence-corrected chi connectivity index (χ2v) is 6.24. The third-order valence-electron chi connectivity index (χ3n) is 4.40. The van der Waals surface area contributed by atoms with Crippen molar-refractivity contribution in [2.24, 2.45) is 0 Å². The van der Waals surface area contributed by atoms with Crippen LogP contribution < -0.4 is 10.6 Å². The highest BCUT2D eigenvalue weighted by Gasteiger charge is 2.15. The topological polar surface area (TPSA) is 58.2 Å². The first-order valence-electron chi connectivity index (χ1n) is 8.21. The van der Waals surface area contributed by atoms with E-state index in [-0.39, 0.29) is 24.4 Å². The van der Waals surface area contributed by atoms with Gasteiger partial charge in [-0.2, -0.15) is 0 Å². The molecule has 0 spiro atoms. The van der Waals surface area contributed by atoms with Gasteiger partial charge in [-0.1, -0.05) is 31.7 Å². The Morgan fingerprint density at radius 1 is 1.05 bits per heavy atom. The van der Waals surface area contributed by atoms with Crippen molar-refractivity contribution in [2.45, 2.75) is 58.4 Å². The number of nitrogens with one attached hydrogen (secondary N) is 2. The molecular formula is C18H26N2O2. The van der Waals surface area contributed by atoms with E-state index in [1.165, 1.54) is 25.7 Å². The van der Waals surface area contributed by atoms with Gasteiger partial charge in [-0.25, -0.2) is 0 Å². The van der Waals surface area contributed by atoms with Crippen molar-refractivity contribution in [3.8, 4) is 0 Å². The molecule has 0 saturated heterocycles. The monoisotopic (exact) mass is 302 g/mol. The molecule has 0 heterocycles. The van der Waals surface area contributed by atoms with Crippen LogP contribution in [0.25, 0.3) is 0 Å². The molecule has 2 N–H and O–H groups in total. The molecule has 0 aliphatic heterocycles. The van der Waals surface area contributed by atoms with Crippen LogP contribution in [-0.4, -0.2) is 24.4 Å². The Bertz CT molecular complexity index is 532. The van der Waals surface area contributed by atoms with Gasteiger partial charge in [-0.05, 0) is 49.9 Å². The standard InChI is InChI=1S/C18H26N2O2/c1-13-9-10-15(11-14(13)2)18(22)19-12-17(21)20-16-7-5-3-4-6-8-16/h9-11,16H,3-8,12H2,1-2H3,(H,19,22)(H,20,21). The van der Waals surface area contributed by atoms with Crippen LogP contribution in [-0.2, 0) is 4.79 Å². The molecule has 120 valence electrons. The summed E-state index contributed by atoms with van der Waals surface area (Å²) in [5.41, 5.74) is 2.84. The van der Waals surface area contributed by atoms with E-state index in [1.54, 1.807) is 6.07 Å². The van der Waals surface area contributed by atoms with E-state index >= 15 is 0 Å². The molecule has 1 fully saturated rings. The van der Waals surface area contributed by atoms with Crippen molar-refractivity contribution < 1.29 is 9.59 Å². The lowest BCUT2D eigenvalue weighted by Crippen LogP contribution is -2.41. The van der Waals surface area contributed by atoms with Crippen molar-refractivity contribution >= 4 is 11.8 Å². The van der Waals surface area contributed by atoms with Gasteiger partial charge in [0.2, 0.25) is 5.91 Å². The normalized spacial score (nSPS) is 15.9. The van der Waals surface area contributed by atoms with Gasteiger partial charge in [0.15, 0.2) is 0 Å². The second kappa shape index (κ2) is 7.97. The fraction of sp³-hybridized carbons (Fsp3) is 0.556. The van der Waals surface area contributed by atoms with E-state index in [1.807, 2.05) is 26.0 Å². The Hall–Kier alpha value is -1.84. The summed E-state index contributed by atoms with van der Waals surface area (Å²) >= 11 is 0. The van der Waals surface area contributed by atoms with Crippen LogP contribution in [0.5, 0.6) is 0 Å². The van der Waals surface area contributed by atoms with E-state index in [4.69, 9.17) is 0 Å². The van der Waals surface area contributed by atoms with E-state index < -0.39 is 0 Å². The van der Waals surface area contributed by atoms with Crippen molar-refractivity contribution in [3.05, 3.63) is 34.9 Å². The Kier molecular flexibility index (Phi) is 5.99. The molecule has 0 aromatic heterocycles. The first kappa shape index (κ1) is 16.5. The summed E-state index contributed by atoms with van der Waals surface area (Å²) < 4.78 is 0. The lowest BCUT2D eigenvalue weighted by Gasteiger charge is -2.16. The number of hydrogen-bond donors (Lipinski definition) is 2. The van der Waals surface area contributed by atoms with Crippen LogP contribution >= 0.6 is 0 Å². The molecule has 1 aliphatic carbocycles. The smallest absolute Gasteiger partial charge is 0.251 e. The molecule has 4 heteroatoms. The SMILES string of the molecule is Cc1ccc(C(=O)NCC(=O)NC2CCCCCC2)cc1C. The molecule has 1 aromatic rings. The van der Waals surface area contributed by atoms with Crippen molar-refractivity contribution in [1.82, 2.24) is 10.6 Å². The fourth-order valence-electron chi connectivity index (χ4n) is 2.85. The lowest BCUT2D eigenvalue weighted by atomic mass is 10.1. The van der Waals surface area contributed by atoms with E-state index in [0.717, 1.165) is 24.0 Å². The molecule has 4 nitrogen and oxygen atoms in total. The quantitative estimate of drug-likeness (QED) is 0.840. The van der Waals surface area contributed by atoms with Gasteiger partial charge in [0, 0.05) is 11.6 Å². The van der Waals surface area contributed by atoms with E-state index in [2.05, 4.69) is 10.6 Å². The zero-order chi connectivity index (χ0) is 15.9.